The maximum Gasteiger partial charge on any atom is 0.308 e. The molecule has 1 aromatic heterocycles. The Hall–Kier alpha value is -1.36. The lowest BCUT2D eigenvalue weighted by molar-refractivity contribution is -0.141. The molecule has 0 radical (unpaired) electrons. The van der Waals surface area contributed by atoms with Gasteiger partial charge in [-0.1, -0.05) is 0 Å². The van der Waals surface area contributed by atoms with E-state index in [1.165, 1.54) is 6.26 Å². The monoisotopic (exact) mass is 184 g/mol. The molecule has 0 amide bonds. The quantitative estimate of drug-likeness (QED) is 0.697. The molecule has 5 heteroatoms. The van der Waals surface area contributed by atoms with Gasteiger partial charge < -0.3 is 15.3 Å². The maximum atomic E-state index is 10.6. The van der Waals surface area contributed by atoms with Gasteiger partial charge in [-0.25, -0.2) is 4.98 Å². The highest BCUT2D eigenvalue weighted by Gasteiger charge is 2.18. The van der Waals surface area contributed by atoms with Crippen molar-refractivity contribution < 1.29 is 14.3 Å². The second-order valence-corrected chi connectivity index (χ2v) is 2.86. The number of hydrogen-bond donors (Lipinski definition) is 2. The fraction of sp³-hybridized carbons (Fsp3) is 0.500. The summed E-state index contributed by atoms with van der Waals surface area (Å²) in [5, 5.41) is 8.69. The van der Waals surface area contributed by atoms with Gasteiger partial charge in [0.15, 0.2) is 5.89 Å². The third-order valence-electron chi connectivity index (χ3n) is 1.72. The van der Waals surface area contributed by atoms with Crippen LogP contribution in [0.3, 0.4) is 0 Å². The molecule has 0 saturated heterocycles. The number of nitrogens with two attached hydrogens (primary N) is 1. The van der Waals surface area contributed by atoms with Gasteiger partial charge in [0.1, 0.15) is 6.26 Å². The van der Waals surface area contributed by atoms with Gasteiger partial charge in [0, 0.05) is 13.0 Å². The minimum absolute atomic E-state index is 0.0940. The van der Waals surface area contributed by atoms with Crippen LogP contribution in [0.2, 0.25) is 0 Å². The first-order valence-corrected chi connectivity index (χ1v) is 3.97. The lowest BCUT2D eigenvalue weighted by Gasteiger charge is -2.05. The molecule has 3 N–H and O–H groups in total. The van der Waals surface area contributed by atoms with Crippen LogP contribution in [-0.2, 0) is 11.2 Å². The number of carboxylic acids is 1. The Morgan fingerprint density at radius 3 is 2.92 bits per heavy atom. The summed E-state index contributed by atoms with van der Waals surface area (Å²) in [5.41, 5.74) is 6.02. The van der Waals surface area contributed by atoms with Gasteiger partial charge in [0.25, 0.3) is 0 Å². The average molecular weight is 184 g/mol. The minimum atomic E-state index is -0.918. The Bertz CT molecular complexity index is 295. The van der Waals surface area contributed by atoms with Crippen molar-refractivity contribution in [2.24, 2.45) is 11.7 Å². The number of hydrogen-bond acceptors (Lipinski definition) is 4. The number of carbonyl (C=O) groups is 1. The molecular formula is C8H12N2O3. The number of aryl methyl sites for hydroxylation is 1. The van der Waals surface area contributed by atoms with Crippen molar-refractivity contribution in [2.45, 2.75) is 13.3 Å². The Labute approximate surface area is 75.6 Å². The Morgan fingerprint density at radius 2 is 2.54 bits per heavy atom. The van der Waals surface area contributed by atoms with Gasteiger partial charge in [0.2, 0.25) is 0 Å². The van der Waals surface area contributed by atoms with Crippen molar-refractivity contribution in [1.29, 1.82) is 0 Å². The van der Waals surface area contributed by atoms with Crippen LogP contribution in [0.1, 0.15) is 11.6 Å². The van der Waals surface area contributed by atoms with Crippen LogP contribution in [-0.4, -0.2) is 22.6 Å². The van der Waals surface area contributed by atoms with Crippen LogP contribution in [0, 0.1) is 12.8 Å². The number of carboxylic acid groups (broad SMARTS) is 1. The Morgan fingerprint density at radius 1 is 1.85 bits per heavy atom. The summed E-state index contributed by atoms with van der Waals surface area (Å²) < 4.78 is 5.02. The third-order valence-corrected chi connectivity index (χ3v) is 1.72. The molecular weight excluding hydrogens is 172 g/mol. The van der Waals surface area contributed by atoms with E-state index in [4.69, 9.17) is 15.3 Å². The molecule has 0 spiro atoms. The lowest BCUT2D eigenvalue weighted by atomic mass is 10.1. The van der Waals surface area contributed by atoms with Crippen molar-refractivity contribution >= 4 is 5.97 Å². The van der Waals surface area contributed by atoms with E-state index in [-0.39, 0.29) is 13.0 Å². The van der Waals surface area contributed by atoms with Crippen molar-refractivity contribution in [1.82, 2.24) is 4.98 Å². The molecule has 72 valence electrons. The molecule has 0 aliphatic rings. The highest BCUT2D eigenvalue weighted by atomic mass is 16.4. The molecule has 5 nitrogen and oxygen atoms in total. The van der Waals surface area contributed by atoms with Gasteiger partial charge in [-0.15, -0.1) is 0 Å². The van der Waals surface area contributed by atoms with Crippen LogP contribution in [0.15, 0.2) is 10.7 Å². The molecule has 0 fully saturated rings. The number of aliphatic carboxylic acids is 1. The summed E-state index contributed by atoms with van der Waals surface area (Å²) >= 11 is 0. The summed E-state index contributed by atoms with van der Waals surface area (Å²) in [7, 11) is 0. The Balaban J connectivity index is 2.61. The normalized spacial score (nSPS) is 12.8. The van der Waals surface area contributed by atoms with E-state index in [0.29, 0.717) is 5.89 Å². The molecule has 13 heavy (non-hydrogen) atoms. The molecule has 0 saturated carbocycles. The molecule has 0 bridgehead atoms. The highest BCUT2D eigenvalue weighted by molar-refractivity contribution is 5.70. The standard InChI is InChI=1S/C8H12N2O3/c1-5-4-13-7(10-5)2-6(3-9)8(11)12/h4,6H,2-3,9H2,1H3,(H,11,12). The molecule has 1 heterocycles. The molecule has 0 aliphatic heterocycles. The van der Waals surface area contributed by atoms with Crippen LogP contribution in [0.4, 0.5) is 0 Å². The van der Waals surface area contributed by atoms with Gasteiger partial charge >= 0.3 is 5.97 Å². The second-order valence-electron chi connectivity index (χ2n) is 2.86. The lowest BCUT2D eigenvalue weighted by Crippen LogP contribution is -2.25. The summed E-state index contributed by atoms with van der Waals surface area (Å²) in [4.78, 5) is 14.6. The average Bonchev–Trinajstić information content (AvgIpc) is 2.46. The number of rotatable bonds is 4. The van der Waals surface area contributed by atoms with Crippen LogP contribution in [0.25, 0.3) is 0 Å². The van der Waals surface area contributed by atoms with Crippen molar-refractivity contribution in [3.8, 4) is 0 Å². The summed E-state index contributed by atoms with van der Waals surface area (Å²) in [6, 6.07) is 0. The van der Waals surface area contributed by atoms with Crippen LogP contribution in [0.5, 0.6) is 0 Å². The first kappa shape index (κ1) is 9.73. The molecule has 1 unspecified atom stereocenters. The number of oxazole rings is 1. The second kappa shape index (κ2) is 4.04. The summed E-state index contributed by atoms with van der Waals surface area (Å²) in [6.45, 7) is 1.88. The number of nitrogens with zero attached hydrogens (tertiary/aromatic N) is 1. The fourth-order valence-electron chi connectivity index (χ4n) is 0.979. The topological polar surface area (TPSA) is 89.3 Å². The highest BCUT2D eigenvalue weighted by Crippen LogP contribution is 2.07. The summed E-state index contributed by atoms with van der Waals surface area (Å²) in [6.07, 6.45) is 1.74. The minimum Gasteiger partial charge on any atom is -0.481 e. The van der Waals surface area contributed by atoms with Crippen LogP contribution >= 0.6 is 0 Å². The van der Waals surface area contributed by atoms with Gasteiger partial charge in [-0.2, -0.15) is 0 Å². The van der Waals surface area contributed by atoms with Gasteiger partial charge in [0.05, 0.1) is 11.6 Å². The first-order valence-electron chi connectivity index (χ1n) is 3.97. The van der Waals surface area contributed by atoms with Crippen molar-refractivity contribution in [3.05, 3.63) is 17.8 Å². The molecule has 0 aliphatic carbocycles. The zero-order valence-corrected chi connectivity index (χ0v) is 7.36. The SMILES string of the molecule is Cc1coc(CC(CN)C(=O)O)n1. The maximum absolute atomic E-state index is 10.6. The van der Waals surface area contributed by atoms with Crippen LogP contribution < -0.4 is 5.73 Å². The number of aromatic nitrogens is 1. The smallest absolute Gasteiger partial charge is 0.308 e. The van der Waals surface area contributed by atoms with E-state index in [0.717, 1.165) is 5.69 Å². The largest absolute Gasteiger partial charge is 0.481 e. The third kappa shape index (κ3) is 2.55. The first-order chi connectivity index (χ1) is 6.13. The summed E-state index contributed by atoms with van der Waals surface area (Å²) in [5.74, 6) is -1.10. The van der Waals surface area contributed by atoms with Gasteiger partial charge in [-0.05, 0) is 6.92 Å². The molecule has 0 aromatic carbocycles. The van der Waals surface area contributed by atoms with Gasteiger partial charge in [-0.3, -0.25) is 4.79 Å². The van der Waals surface area contributed by atoms with E-state index in [1.54, 1.807) is 6.92 Å². The molecule has 1 rings (SSSR count). The van der Waals surface area contributed by atoms with Crippen molar-refractivity contribution in [2.75, 3.05) is 6.54 Å². The van der Waals surface area contributed by atoms with E-state index >= 15 is 0 Å². The molecule has 1 atom stereocenters. The predicted molar refractivity (Wildman–Crippen MR) is 45.1 cm³/mol. The van der Waals surface area contributed by atoms with E-state index in [9.17, 15) is 4.79 Å². The van der Waals surface area contributed by atoms with E-state index in [1.807, 2.05) is 0 Å². The van der Waals surface area contributed by atoms with Crippen molar-refractivity contribution in [3.63, 3.8) is 0 Å². The zero-order chi connectivity index (χ0) is 9.84. The predicted octanol–water partition coefficient (Wildman–Crippen LogP) is 0.185. The van der Waals surface area contributed by atoms with E-state index in [2.05, 4.69) is 4.98 Å². The zero-order valence-electron chi connectivity index (χ0n) is 7.36. The Kier molecular flexibility index (Phi) is 3.02. The fourth-order valence-corrected chi connectivity index (χ4v) is 0.979. The van der Waals surface area contributed by atoms with E-state index < -0.39 is 11.9 Å². The molecule has 1 aromatic rings.